The quantitative estimate of drug-likeness (QED) is 0.422. The largest absolute Gasteiger partial charge is 0.375 e. The molecular formula is C10H18N4OS. The Kier molecular flexibility index (Phi) is 4.82. The smallest absolute Gasteiger partial charge is 0.187 e. The minimum absolute atomic E-state index is 0.0648. The number of hydrogen-bond donors (Lipinski definition) is 2. The van der Waals surface area contributed by atoms with E-state index in [1.165, 1.54) is 6.92 Å². The maximum Gasteiger partial charge on any atom is 0.187 e. The molecule has 1 aliphatic heterocycles. The Balaban J connectivity index is 2.77. The van der Waals surface area contributed by atoms with E-state index in [0.29, 0.717) is 5.71 Å². The molecule has 0 aromatic carbocycles. The van der Waals surface area contributed by atoms with Gasteiger partial charge < -0.3 is 11.1 Å². The van der Waals surface area contributed by atoms with Gasteiger partial charge >= 0.3 is 0 Å². The second-order valence-electron chi connectivity index (χ2n) is 3.92. The number of nitrogens with one attached hydrogen (secondary N) is 1. The van der Waals surface area contributed by atoms with Crippen LogP contribution in [-0.4, -0.2) is 40.7 Å². The fourth-order valence-electron chi connectivity index (χ4n) is 1.59. The van der Waals surface area contributed by atoms with E-state index in [0.717, 1.165) is 25.9 Å². The van der Waals surface area contributed by atoms with Crippen LogP contribution in [0.2, 0.25) is 0 Å². The topological polar surface area (TPSA) is 70.7 Å². The fraction of sp³-hybridized carbons (Fsp3) is 0.700. The number of ketones is 1. The summed E-state index contributed by atoms with van der Waals surface area (Å²) in [6.07, 6.45) is 2.05. The number of carbonyl (C=O) groups is 1. The molecule has 1 saturated heterocycles. The average molecular weight is 242 g/mol. The zero-order chi connectivity index (χ0) is 12.1. The third-order valence-corrected chi connectivity index (χ3v) is 2.80. The van der Waals surface area contributed by atoms with Gasteiger partial charge in [-0.3, -0.25) is 4.79 Å². The maximum absolute atomic E-state index is 11.1. The van der Waals surface area contributed by atoms with Crippen LogP contribution in [0.25, 0.3) is 0 Å². The minimum atomic E-state index is -0.0648. The highest BCUT2D eigenvalue weighted by Crippen LogP contribution is 2.11. The van der Waals surface area contributed by atoms with Gasteiger partial charge in [0.15, 0.2) is 10.9 Å². The lowest BCUT2D eigenvalue weighted by Gasteiger charge is -2.31. The van der Waals surface area contributed by atoms with Crippen LogP contribution in [0.3, 0.4) is 0 Å². The highest BCUT2D eigenvalue weighted by Gasteiger charge is 2.22. The molecule has 0 aromatic heterocycles. The van der Waals surface area contributed by atoms with Crippen molar-refractivity contribution in [2.45, 2.75) is 32.7 Å². The van der Waals surface area contributed by atoms with Crippen molar-refractivity contribution in [3.8, 4) is 0 Å². The van der Waals surface area contributed by atoms with Gasteiger partial charge in [0.25, 0.3) is 0 Å². The van der Waals surface area contributed by atoms with Gasteiger partial charge in [-0.15, -0.1) is 0 Å². The summed E-state index contributed by atoms with van der Waals surface area (Å²) in [5, 5.41) is 9.25. The van der Waals surface area contributed by atoms with E-state index >= 15 is 0 Å². The Hall–Kier alpha value is -1.01. The molecule has 1 aliphatic rings. The van der Waals surface area contributed by atoms with Crippen molar-refractivity contribution in [1.82, 2.24) is 10.3 Å². The summed E-state index contributed by atoms with van der Waals surface area (Å²) in [7, 11) is 0. The molecule has 16 heavy (non-hydrogen) atoms. The number of piperidine rings is 1. The van der Waals surface area contributed by atoms with Crippen LogP contribution in [0.1, 0.15) is 26.7 Å². The number of thiocarbonyl (C=S) groups is 1. The predicted molar refractivity (Wildman–Crippen MR) is 68.3 cm³/mol. The van der Waals surface area contributed by atoms with Crippen LogP contribution in [0.4, 0.5) is 0 Å². The number of carbonyl (C=O) groups excluding carboxylic acids is 1. The van der Waals surface area contributed by atoms with Crippen molar-refractivity contribution >= 4 is 28.8 Å². The Morgan fingerprint density at radius 3 is 2.69 bits per heavy atom. The molecular weight excluding hydrogens is 224 g/mol. The van der Waals surface area contributed by atoms with Gasteiger partial charge in [-0.25, -0.2) is 5.01 Å². The molecule has 3 N–H and O–H groups in total. The van der Waals surface area contributed by atoms with E-state index in [1.54, 1.807) is 11.9 Å². The van der Waals surface area contributed by atoms with Gasteiger partial charge in [0.1, 0.15) is 5.71 Å². The number of nitrogens with zero attached hydrogens (tertiary/aromatic N) is 2. The molecule has 0 saturated carbocycles. The van der Waals surface area contributed by atoms with Crippen LogP contribution in [0, 0.1) is 0 Å². The molecule has 0 radical (unpaired) electrons. The zero-order valence-electron chi connectivity index (χ0n) is 9.69. The molecule has 0 aliphatic carbocycles. The van der Waals surface area contributed by atoms with Crippen LogP contribution in [0.5, 0.6) is 0 Å². The number of hydrogen-bond acceptors (Lipinski definition) is 4. The molecule has 1 heterocycles. The van der Waals surface area contributed by atoms with Gasteiger partial charge in [-0.1, -0.05) is 0 Å². The Labute approximate surface area is 101 Å². The van der Waals surface area contributed by atoms with E-state index in [9.17, 15) is 4.79 Å². The molecule has 1 unspecified atom stereocenters. The predicted octanol–water partition coefficient (Wildman–Crippen LogP) is 0.249. The Morgan fingerprint density at radius 2 is 2.25 bits per heavy atom. The Morgan fingerprint density at radius 1 is 1.56 bits per heavy atom. The van der Waals surface area contributed by atoms with E-state index in [2.05, 4.69) is 10.4 Å². The SMILES string of the molecule is CC(=O)C(C)=NN(C(N)=S)C1CCCNC1. The summed E-state index contributed by atoms with van der Waals surface area (Å²) in [5.74, 6) is -0.0648. The van der Waals surface area contributed by atoms with Crippen molar-refractivity contribution in [3.05, 3.63) is 0 Å². The molecule has 0 aromatic rings. The molecule has 0 bridgehead atoms. The van der Waals surface area contributed by atoms with Gasteiger partial charge in [-0.2, -0.15) is 5.10 Å². The highest BCUT2D eigenvalue weighted by atomic mass is 32.1. The second-order valence-corrected chi connectivity index (χ2v) is 4.34. The molecule has 1 atom stereocenters. The van der Waals surface area contributed by atoms with Crippen LogP contribution in [0.15, 0.2) is 5.10 Å². The summed E-state index contributed by atoms with van der Waals surface area (Å²) in [5.41, 5.74) is 6.06. The molecule has 0 amide bonds. The number of Topliss-reactive ketones (excluding diaryl/α,β-unsaturated/α-hetero) is 1. The summed E-state index contributed by atoms with van der Waals surface area (Å²) < 4.78 is 0. The standard InChI is InChI=1S/C10H18N4OS/c1-7(8(2)15)13-14(10(11)16)9-4-3-5-12-6-9/h9,12H,3-6H2,1-2H3,(H2,11,16). The first-order valence-electron chi connectivity index (χ1n) is 5.38. The van der Waals surface area contributed by atoms with Crippen molar-refractivity contribution in [2.24, 2.45) is 10.8 Å². The van der Waals surface area contributed by atoms with E-state index in [4.69, 9.17) is 18.0 Å². The van der Waals surface area contributed by atoms with Gasteiger partial charge in [0.05, 0.1) is 6.04 Å². The lowest BCUT2D eigenvalue weighted by atomic mass is 10.1. The van der Waals surface area contributed by atoms with Crippen LogP contribution < -0.4 is 11.1 Å². The maximum atomic E-state index is 11.1. The fourth-order valence-corrected chi connectivity index (χ4v) is 1.77. The van der Waals surface area contributed by atoms with E-state index in [1.807, 2.05) is 0 Å². The lowest BCUT2D eigenvalue weighted by Crippen LogP contribution is -2.48. The number of hydrazone groups is 1. The second kappa shape index (κ2) is 5.91. The van der Waals surface area contributed by atoms with Gasteiger partial charge in [0, 0.05) is 13.5 Å². The minimum Gasteiger partial charge on any atom is -0.375 e. The molecule has 0 spiro atoms. The van der Waals surface area contributed by atoms with Gasteiger partial charge in [-0.05, 0) is 38.5 Å². The molecule has 90 valence electrons. The molecule has 1 rings (SSSR count). The third-order valence-electron chi connectivity index (χ3n) is 2.61. The summed E-state index contributed by atoms with van der Waals surface area (Å²) >= 11 is 4.96. The van der Waals surface area contributed by atoms with Crippen molar-refractivity contribution in [2.75, 3.05) is 13.1 Å². The monoisotopic (exact) mass is 242 g/mol. The number of rotatable bonds is 3. The molecule has 1 fully saturated rings. The Bertz CT molecular complexity index is 310. The first-order chi connectivity index (χ1) is 7.52. The first kappa shape index (κ1) is 13.1. The summed E-state index contributed by atoms with van der Waals surface area (Å²) in [6, 6.07) is 0.153. The van der Waals surface area contributed by atoms with Crippen LogP contribution >= 0.6 is 12.2 Å². The molecule has 5 nitrogen and oxygen atoms in total. The summed E-state index contributed by atoms with van der Waals surface area (Å²) in [6.45, 7) is 4.96. The number of nitrogens with two attached hydrogens (primary N) is 1. The van der Waals surface area contributed by atoms with Crippen molar-refractivity contribution < 1.29 is 4.79 Å². The van der Waals surface area contributed by atoms with Crippen LogP contribution in [-0.2, 0) is 4.79 Å². The van der Waals surface area contributed by atoms with Crippen molar-refractivity contribution in [3.63, 3.8) is 0 Å². The van der Waals surface area contributed by atoms with Gasteiger partial charge in [0.2, 0.25) is 0 Å². The van der Waals surface area contributed by atoms with E-state index < -0.39 is 0 Å². The normalized spacial score (nSPS) is 21.6. The van der Waals surface area contributed by atoms with Crippen molar-refractivity contribution in [1.29, 1.82) is 0 Å². The summed E-state index contributed by atoms with van der Waals surface area (Å²) in [4.78, 5) is 11.1. The van der Waals surface area contributed by atoms with E-state index in [-0.39, 0.29) is 16.9 Å². The first-order valence-corrected chi connectivity index (χ1v) is 5.78. The molecule has 6 heteroatoms. The zero-order valence-corrected chi connectivity index (χ0v) is 10.5. The highest BCUT2D eigenvalue weighted by molar-refractivity contribution is 7.80. The lowest BCUT2D eigenvalue weighted by molar-refractivity contribution is -0.111. The average Bonchev–Trinajstić information content (AvgIpc) is 2.26. The third kappa shape index (κ3) is 3.53.